The van der Waals surface area contributed by atoms with E-state index >= 15 is 0 Å². The number of fused-ring (bicyclic) bond motifs is 2. The summed E-state index contributed by atoms with van der Waals surface area (Å²) < 4.78 is 5.65. The van der Waals surface area contributed by atoms with Crippen LogP contribution in [0.2, 0.25) is 0 Å². The molecule has 4 rings (SSSR count). The highest BCUT2D eigenvalue weighted by Crippen LogP contribution is 2.37. The molecule has 0 unspecified atom stereocenters. The number of furan rings is 1. The standard InChI is InChI=1S/C19H11NO4/c20-19(23)14-13-15(21)11-8-4-5-9-12(11)16(22)18(13)24-17(14)10-6-2-1-3-7-10/h1-9H,(H2,20,23). The summed E-state index contributed by atoms with van der Waals surface area (Å²) in [4.78, 5) is 37.5. The smallest absolute Gasteiger partial charge is 0.253 e. The monoisotopic (exact) mass is 317 g/mol. The van der Waals surface area contributed by atoms with Gasteiger partial charge < -0.3 is 10.2 Å². The SMILES string of the molecule is NC(=O)c1c(-c2ccccc2)oc2c1C(=O)c1ccccc1C2=O. The number of amides is 1. The Hall–Kier alpha value is -3.47. The minimum Gasteiger partial charge on any atom is -0.451 e. The number of hydrogen-bond acceptors (Lipinski definition) is 4. The fourth-order valence-electron chi connectivity index (χ4n) is 2.97. The highest BCUT2D eigenvalue weighted by atomic mass is 16.4. The lowest BCUT2D eigenvalue weighted by atomic mass is 9.86. The zero-order valence-corrected chi connectivity index (χ0v) is 12.4. The summed E-state index contributed by atoms with van der Waals surface area (Å²) in [7, 11) is 0. The summed E-state index contributed by atoms with van der Waals surface area (Å²) in [6.07, 6.45) is 0. The van der Waals surface area contributed by atoms with Crippen LogP contribution in [0.15, 0.2) is 59.0 Å². The molecular weight excluding hydrogens is 306 g/mol. The second-order valence-corrected chi connectivity index (χ2v) is 5.44. The van der Waals surface area contributed by atoms with Crippen molar-refractivity contribution >= 4 is 17.5 Å². The van der Waals surface area contributed by atoms with Crippen LogP contribution in [0.4, 0.5) is 0 Å². The van der Waals surface area contributed by atoms with Gasteiger partial charge in [0, 0.05) is 16.7 Å². The van der Waals surface area contributed by atoms with Gasteiger partial charge in [0.1, 0.15) is 5.76 Å². The lowest BCUT2D eigenvalue weighted by Crippen LogP contribution is -2.23. The molecule has 0 saturated heterocycles. The zero-order chi connectivity index (χ0) is 16.8. The number of primary amides is 1. The Labute approximate surface area is 136 Å². The molecule has 1 amide bonds. The van der Waals surface area contributed by atoms with Gasteiger partial charge in [-0.15, -0.1) is 0 Å². The molecular formula is C19H11NO4. The molecule has 0 spiro atoms. The second-order valence-electron chi connectivity index (χ2n) is 5.44. The van der Waals surface area contributed by atoms with E-state index < -0.39 is 17.5 Å². The van der Waals surface area contributed by atoms with Crippen molar-refractivity contribution in [1.82, 2.24) is 0 Å². The largest absolute Gasteiger partial charge is 0.451 e. The van der Waals surface area contributed by atoms with Crippen LogP contribution in [0.5, 0.6) is 0 Å². The van der Waals surface area contributed by atoms with E-state index in [1.165, 1.54) is 0 Å². The van der Waals surface area contributed by atoms with Gasteiger partial charge in [-0.3, -0.25) is 14.4 Å². The van der Waals surface area contributed by atoms with E-state index in [-0.39, 0.29) is 33.8 Å². The maximum atomic E-state index is 12.8. The second kappa shape index (κ2) is 5.03. The molecule has 2 N–H and O–H groups in total. The molecule has 0 aliphatic heterocycles. The summed E-state index contributed by atoms with van der Waals surface area (Å²) >= 11 is 0. The van der Waals surface area contributed by atoms with E-state index in [1.54, 1.807) is 48.5 Å². The minimum absolute atomic E-state index is 0.0509. The van der Waals surface area contributed by atoms with Crippen molar-refractivity contribution < 1.29 is 18.8 Å². The summed E-state index contributed by atoms with van der Waals surface area (Å²) in [5.74, 6) is -1.65. The number of carbonyl (C=O) groups excluding carboxylic acids is 3. The van der Waals surface area contributed by atoms with Gasteiger partial charge in [0.25, 0.3) is 5.91 Å². The molecule has 0 fully saturated rings. The Balaban J connectivity index is 2.05. The van der Waals surface area contributed by atoms with Gasteiger partial charge in [-0.1, -0.05) is 54.6 Å². The minimum atomic E-state index is -0.806. The van der Waals surface area contributed by atoms with E-state index in [9.17, 15) is 14.4 Å². The molecule has 0 bridgehead atoms. The van der Waals surface area contributed by atoms with E-state index in [0.717, 1.165) is 0 Å². The highest BCUT2D eigenvalue weighted by Gasteiger charge is 2.38. The Morgan fingerprint density at radius 3 is 2.00 bits per heavy atom. The van der Waals surface area contributed by atoms with Gasteiger partial charge in [0.05, 0.1) is 11.1 Å². The Morgan fingerprint density at radius 1 is 0.792 bits per heavy atom. The number of carbonyl (C=O) groups is 3. The molecule has 3 aromatic rings. The van der Waals surface area contributed by atoms with Crippen LogP contribution in [-0.4, -0.2) is 17.5 Å². The van der Waals surface area contributed by atoms with E-state index in [2.05, 4.69) is 0 Å². The predicted molar refractivity (Wildman–Crippen MR) is 86.0 cm³/mol. The van der Waals surface area contributed by atoms with Gasteiger partial charge in [-0.05, 0) is 0 Å². The van der Waals surface area contributed by atoms with Gasteiger partial charge in [-0.25, -0.2) is 0 Å². The molecule has 1 aliphatic rings. The van der Waals surface area contributed by atoms with Crippen LogP contribution in [0.25, 0.3) is 11.3 Å². The number of nitrogens with two attached hydrogens (primary N) is 1. The normalized spacial score (nSPS) is 12.7. The summed E-state index contributed by atoms with van der Waals surface area (Å²) in [5.41, 5.74) is 6.47. The first-order valence-corrected chi connectivity index (χ1v) is 7.30. The number of rotatable bonds is 2. The Morgan fingerprint density at radius 2 is 1.38 bits per heavy atom. The van der Waals surface area contributed by atoms with Gasteiger partial charge in [0.15, 0.2) is 11.5 Å². The van der Waals surface area contributed by atoms with Crippen molar-refractivity contribution in [3.05, 3.63) is 82.6 Å². The third-order valence-corrected chi connectivity index (χ3v) is 4.04. The molecule has 2 aromatic carbocycles. The Bertz CT molecular complexity index is 1020. The molecule has 0 atom stereocenters. The summed E-state index contributed by atoms with van der Waals surface area (Å²) in [5, 5.41) is 0. The van der Waals surface area contributed by atoms with Crippen molar-refractivity contribution in [2.75, 3.05) is 0 Å². The van der Waals surface area contributed by atoms with E-state index in [4.69, 9.17) is 10.2 Å². The summed E-state index contributed by atoms with van der Waals surface area (Å²) in [6, 6.07) is 15.2. The van der Waals surface area contributed by atoms with Crippen molar-refractivity contribution in [1.29, 1.82) is 0 Å². The molecule has 5 heteroatoms. The van der Waals surface area contributed by atoms with Gasteiger partial charge >= 0.3 is 0 Å². The number of hydrogen-bond donors (Lipinski definition) is 1. The highest BCUT2D eigenvalue weighted by molar-refractivity contribution is 6.30. The lowest BCUT2D eigenvalue weighted by molar-refractivity contribution is 0.0956. The lowest BCUT2D eigenvalue weighted by Gasteiger charge is -2.12. The topological polar surface area (TPSA) is 90.4 Å². The molecule has 116 valence electrons. The summed E-state index contributed by atoms with van der Waals surface area (Å²) in [6.45, 7) is 0. The first-order chi connectivity index (χ1) is 11.6. The first kappa shape index (κ1) is 14.1. The molecule has 1 aliphatic carbocycles. The van der Waals surface area contributed by atoms with Crippen LogP contribution in [0.3, 0.4) is 0 Å². The maximum Gasteiger partial charge on any atom is 0.253 e. The van der Waals surface area contributed by atoms with Crippen molar-refractivity contribution in [3.8, 4) is 11.3 Å². The van der Waals surface area contributed by atoms with Crippen LogP contribution < -0.4 is 5.73 Å². The average Bonchev–Trinajstić information content (AvgIpc) is 3.02. The third kappa shape index (κ3) is 1.85. The van der Waals surface area contributed by atoms with Crippen molar-refractivity contribution in [2.24, 2.45) is 5.73 Å². The van der Waals surface area contributed by atoms with E-state index in [0.29, 0.717) is 5.56 Å². The van der Waals surface area contributed by atoms with Gasteiger partial charge in [0.2, 0.25) is 5.78 Å². The number of benzene rings is 2. The third-order valence-electron chi connectivity index (χ3n) is 4.04. The molecule has 1 aromatic heterocycles. The fourth-order valence-corrected chi connectivity index (χ4v) is 2.97. The molecule has 5 nitrogen and oxygen atoms in total. The van der Waals surface area contributed by atoms with Gasteiger partial charge in [-0.2, -0.15) is 0 Å². The molecule has 24 heavy (non-hydrogen) atoms. The van der Waals surface area contributed by atoms with E-state index in [1.807, 2.05) is 6.07 Å². The average molecular weight is 317 g/mol. The van der Waals surface area contributed by atoms with Crippen LogP contribution >= 0.6 is 0 Å². The molecule has 1 heterocycles. The van der Waals surface area contributed by atoms with Crippen LogP contribution in [0, 0.1) is 0 Å². The zero-order valence-electron chi connectivity index (χ0n) is 12.4. The van der Waals surface area contributed by atoms with Crippen LogP contribution in [-0.2, 0) is 0 Å². The van der Waals surface area contributed by atoms with Crippen molar-refractivity contribution in [2.45, 2.75) is 0 Å². The fraction of sp³-hybridized carbons (Fsp3) is 0. The first-order valence-electron chi connectivity index (χ1n) is 7.30. The Kier molecular flexibility index (Phi) is 2.96. The molecule has 0 radical (unpaired) electrons. The van der Waals surface area contributed by atoms with Crippen LogP contribution in [0.1, 0.15) is 42.4 Å². The predicted octanol–water partition coefficient (Wildman–Crippen LogP) is 2.82. The van der Waals surface area contributed by atoms with Crippen molar-refractivity contribution in [3.63, 3.8) is 0 Å². The quantitative estimate of drug-likeness (QED) is 0.615. The number of ketones is 2. The molecule has 0 saturated carbocycles. The maximum absolute atomic E-state index is 12.8.